The number of carbonyl (C=O) groups is 1. The summed E-state index contributed by atoms with van der Waals surface area (Å²) in [4.78, 5) is 15.6. The van der Waals surface area contributed by atoms with E-state index in [1.807, 2.05) is 48.7 Å². The fourth-order valence-corrected chi connectivity index (χ4v) is 3.26. The fourth-order valence-electron chi connectivity index (χ4n) is 3.26. The zero-order valence-electron chi connectivity index (χ0n) is 13.4. The minimum Gasteiger partial charge on any atom is -0.493 e. The molecule has 4 rings (SSSR count). The Hall–Kier alpha value is -2.75. The Bertz CT molecular complexity index is 869. The molecule has 122 valence electrons. The monoisotopic (exact) mass is 320 g/mol. The van der Waals surface area contributed by atoms with Gasteiger partial charge in [-0.3, -0.25) is 4.79 Å². The normalized spacial score (nSPS) is 16.9. The van der Waals surface area contributed by atoms with Gasteiger partial charge in [0.05, 0.1) is 6.61 Å². The zero-order valence-corrected chi connectivity index (χ0v) is 13.4. The molecule has 1 aliphatic heterocycles. The second kappa shape index (κ2) is 6.40. The number of hydrogen-bond acceptors (Lipinski definition) is 2. The highest BCUT2D eigenvalue weighted by Gasteiger charge is 2.18. The van der Waals surface area contributed by atoms with Crippen molar-refractivity contribution in [1.82, 2.24) is 10.3 Å². The van der Waals surface area contributed by atoms with E-state index < -0.39 is 0 Å². The molecule has 4 nitrogen and oxygen atoms in total. The number of amides is 1. The van der Waals surface area contributed by atoms with Gasteiger partial charge >= 0.3 is 0 Å². The molecule has 1 aromatic heterocycles. The van der Waals surface area contributed by atoms with Gasteiger partial charge in [-0.15, -0.1) is 0 Å². The van der Waals surface area contributed by atoms with Crippen LogP contribution in [0.4, 0.5) is 0 Å². The van der Waals surface area contributed by atoms with Gasteiger partial charge in [0.25, 0.3) is 5.91 Å². The molecule has 0 saturated heterocycles. The van der Waals surface area contributed by atoms with Crippen LogP contribution in [0.25, 0.3) is 10.9 Å². The summed E-state index contributed by atoms with van der Waals surface area (Å²) in [5.74, 6) is 1.35. The Morgan fingerprint density at radius 3 is 3.08 bits per heavy atom. The summed E-state index contributed by atoms with van der Waals surface area (Å²) in [6, 6.07) is 15.9. The van der Waals surface area contributed by atoms with E-state index in [4.69, 9.17) is 4.74 Å². The van der Waals surface area contributed by atoms with Crippen LogP contribution in [0.2, 0.25) is 0 Å². The van der Waals surface area contributed by atoms with Crippen molar-refractivity contribution < 1.29 is 9.53 Å². The summed E-state index contributed by atoms with van der Waals surface area (Å²) in [5, 5.41) is 4.19. The van der Waals surface area contributed by atoms with Crippen LogP contribution < -0.4 is 10.1 Å². The molecule has 1 atom stereocenters. The molecule has 2 heterocycles. The van der Waals surface area contributed by atoms with Crippen LogP contribution in [0, 0.1) is 5.92 Å². The molecule has 0 saturated carbocycles. The molecular weight excluding hydrogens is 300 g/mol. The van der Waals surface area contributed by atoms with E-state index in [0.29, 0.717) is 24.6 Å². The second-order valence-electron chi connectivity index (χ2n) is 6.30. The van der Waals surface area contributed by atoms with E-state index in [1.54, 1.807) is 0 Å². The summed E-state index contributed by atoms with van der Waals surface area (Å²) in [5.41, 5.74) is 2.90. The summed E-state index contributed by atoms with van der Waals surface area (Å²) >= 11 is 0. The minimum absolute atomic E-state index is 0.0232. The third-order valence-electron chi connectivity index (χ3n) is 4.63. The van der Waals surface area contributed by atoms with E-state index in [9.17, 15) is 4.79 Å². The van der Waals surface area contributed by atoms with Crippen molar-refractivity contribution in [2.45, 2.75) is 12.8 Å². The number of aromatic nitrogens is 1. The third-order valence-corrected chi connectivity index (χ3v) is 4.63. The third kappa shape index (κ3) is 3.00. The number of rotatable bonds is 3. The number of para-hydroxylation sites is 1. The Kier molecular flexibility index (Phi) is 3.95. The maximum absolute atomic E-state index is 12.4. The average molecular weight is 320 g/mol. The Morgan fingerprint density at radius 1 is 1.21 bits per heavy atom. The highest BCUT2D eigenvalue weighted by atomic mass is 16.5. The first-order valence-corrected chi connectivity index (χ1v) is 8.35. The number of nitrogens with one attached hydrogen (secondary N) is 2. The van der Waals surface area contributed by atoms with Crippen LogP contribution >= 0.6 is 0 Å². The number of ether oxygens (including phenoxy) is 1. The van der Waals surface area contributed by atoms with E-state index in [1.165, 1.54) is 5.56 Å². The van der Waals surface area contributed by atoms with Gasteiger partial charge in [0.2, 0.25) is 0 Å². The standard InChI is InChI=1S/C20H20N2O2/c23-20(17-6-5-15-7-9-21-18(15)12-17)22-13-14-8-10-24-19-4-2-1-3-16(19)11-14/h1-7,9,12,14,21H,8,10-11,13H2,(H,22,23)/t14-/m0/s1. The molecule has 0 unspecified atom stereocenters. The quantitative estimate of drug-likeness (QED) is 0.775. The molecule has 24 heavy (non-hydrogen) atoms. The first-order valence-electron chi connectivity index (χ1n) is 8.35. The SMILES string of the molecule is O=C(NC[C@H]1CCOc2ccccc2C1)c1ccc2cc[nH]c2c1. The molecule has 2 N–H and O–H groups in total. The number of benzene rings is 2. The largest absolute Gasteiger partial charge is 0.493 e. The van der Waals surface area contributed by atoms with Crippen molar-refractivity contribution in [2.24, 2.45) is 5.92 Å². The molecule has 0 radical (unpaired) electrons. The van der Waals surface area contributed by atoms with Crippen LogP contribution in [-0.2, 0) is 6.42 Å². The van der Waals surface area contributed by atoms with Crippen molar-refractivity contribution in [1.29, 1.82) is 0 Å². The minimum atomic E-state index is -0.0232. The van der Waals surface area contributed by atoms with Gasteiger partial charge in [-0.05, 0) is 54.0 Å². The number of carbonyl (C=O) groups excluding carboxylic acids is 1. The van der Waals surface area contributed by atoms with Crippen LogP contribution in [0.1, 0.15) is 22.3 Å². The summed E-state index contributed by atoms with van der Waals surface area (Å²) in [7, 11) is 0. The van der Waals surface area contributed by atoms with Gasteiger partial charge in [-0.1, -0.05) is 24.3 Å². The molecule has 2 aromatic carbocycles. The van der Waals surface area contributed by atoms with Crippen molar-refractivity contribution in [3.05, 3.63) is 65.9 Å². The van der Waals surface area contributed by atoms with Gasteiger partial charge in [0.15, 0.2) is 0 Å². The topological polar surface area (TPSA) is 54.1 Å². The van der Waals surface area contributed by atoms with Crippen molar-refractivity contribution in [2.75, 3.05) is 13.2 Å². The molecule has 4 heteroatoms. The molecule has 1 amide bonds. The van der Waals surface area contributed by atoms with Crippen LogP contribution in [0.3, 0.4) is 0 Å². The lowest BCUT2D eigenvalue weighted by atomic mass is 9.97. The number of hydrogen-bond donors (Lipinski definition) is 2. The Labute approximate surface area is 140 Å². The second-order valence-corrected chi connectivity index (χ2v) is 6.30. The Balaban J connectivity index is 1.41. The lowest BCUT2D eigenvalue weighted by molar-refractivity contribution is 0.0945. The molecule has 0 fully saturated rings. The van der Waals surface area contributed by atoms with Gasteiger partial charge in [0, 0.05) is 23.8 Å². The van der Waals surface area contributed by atoms with Crippen LogP contribution in [-0.4, -0.2) is 24.0 Å². The molecule has 1 aliphatic rings. The van der Waals surface area contributed by atoms with Crippen molar-refractivity contribution in [3.63, 3.8) is 0 Å². The van der Waals surface area contributed by atoms with E-state index >= 15 is 0 Å². The predicted molar refractivity (Wildman–Crippen MR) is 94.4 cm³/mol. The van der Waals surface area contributed by atoms with Crippen LogP contribution in [0.15, 0.2) is 54.7 Å². The molecule has 0 bridgehead atoms. The number of fused-ring (bicyclic) bond motifs is 2. The zero-order chi connectivity index (χ0) is 16.4. The lowest BCUT2D eigenvalue weighted by Crippen LogP contribution is -2.30. The number of aromatic amines is 1. The van der Waals surface area contributed by atoms with Gasteiger partial charge in [-0.25, -0.2) is 0 Å². The smallest absolute Gasteiger partial charge is 0.251 e. The Morgan fingerprint density at radius 2 is 2.12 bits per heavy atom. The summed E-state index contributed by atoms with van der Waals surface area (Å²) < 4.78 is 5.79. The van der Waals surface area contributed by atoms with E-state index in [2.05, 4.69) is 16.4 Å². The molecule has 3 aromatic rings. The summed E-state index contributed by atoms with van der Waals surface area (Å²) in [6.07, 6.45) is 3.77. The highest BCUT2D eigenvalue weighted by molar-refractivity contribution is 5.97. The van der Waals surface area contributed by atoms with Gasteiger partial charge in [-0.2, -0.15) is 0 Å². The average Bonchev–Trinajstić information content (AvgIpc) is 2.98. The van der Waals surface area contributed by atoms with Gasteiger partial charge in [0.1, 0.15) is 5.75 Å². The molecule has 0 aliphatic carbocycles. The van der Waals surface area contributed by atoms with Crippen molar-refractivity contribution >= 4 is 16.8 Å². The van der Waals surface area contributed by atoms with E-state index in [-0.39, 0.29) is 5.91 Å². The maximum Gasteiger partial charge on any atom is 0.251 e. The first-order chi connectivity index (χ1) is 11.8. The van der Waals surface area contributed by atoms with Crippen LogP contribution in [0.5, 0.6) is 5.75 Å². The lowest BCUT2D eigenvalue weighted by Gasteiger charge is -2.14. The number of H-pyrrole nitrogens is 1. The molecular formula is C20H20N2O2. The first kappa shape index (κ1) is 14.8. The summed E-state index contributed by atoms with van der Waals surface area (Å²) in [6.45, 7) is 1.37. The molecule has 0 spiro atoms. The maximum atomic E-state index is 12.4. The predicted octanol–water partition coefficient (Wildman–Crippen LogP) is 3.54. The van der Waals surface area contributed by atoms with Gasteiger partial charge < -0.3 is 15.0 Å². The highest BCUT2D eigenvalue weighted by Crippen LogP contribution is 2.26. The van der Waals surface area contributed by atoms with E-state index in [0.717, 1.165) is 29.5 Å². The fraction of sp³-hybridized carbons (Fsp3) is 0.250. The van der Waals surface area contributed by atoms with Crippen molar-refractivity contribution in [3.8, 4) is 5.75 Å².